The predicted molar refractivity (Wildman–Crippen MR) is 88.9 cm³/mol. The van der Waals surface area contributed by atoms with Gasteiger partial charge < -0.3 is 10.1 Å². The van der Waals surface area contributed by atoms with Crippen LogP contribution in [0.2, 0.25) is 5.15 Å². The molecule has 0 bridgehead atoms. The normalized spacial score (nSPS) is 12.0. The zero-order chi connectivity index (χ0) is 17.5. The summed E-state index contributed by atoms with van der Waals surface area (Å²) in [5.74, 6) is -1.78. The van der Waals surface area contributed by atoms with Crippen LogP contribution in [0.25, 0.3) is 6.08 Å². The second-order valence-electron chi connectivity index (χ2n) is 4.76. The van der Waals surface area contributed by atoms with Crippen LogP contribution in [-0.4, -0.2) is 23.0 Å². The highest BCUT2D eigenvalue weighted by atomic mass is 35.5. The van der Waals surface area contributed by atoms with Crippen molar-refractivity contribution in [2.24, 2.45) is 0 Å². The second kappa shape index (κ2) is 8.21. The van der Waals surface area contributed by atoms with E-state index < -0.39 is 23.8 Å². The van der Waals surface area contributed by atoms with E-state index in [1.165, 1.54) is 31.3 Å². The van der Waals surface area contributed by atoms with Crippen LogP contribution in [0, 0.1) is 5.82 Å². The minimum atomic E-state index is -1.06. The van der Waals surface area contributed by atoms with Crippen LogP contribution in [0.5, 0.6) is 0 Å². The van der Waals surface area contributed by atoms with Crippen molar-refractivity contribution in [2.75, 3.05) is 5.32 Å². The molecule has 0 radical (unpaired) electrons. The number of aromatic nitrogens is 1. The van der Waals surface area contributed by atoms with Crippen molar-refractivity contribution < 1.29 is 18.7 Å². The molecule has 1 amide bonds. The van der Waals surface area contributed by atoms with Crippen LogP contribution in [0.15, 0.2) is 48.7 Å². The number of halogens is 2. The molecule has 0 aliphatic rings. The van der Waals surface area contributed by atoms with Crippen molar-refractivity contribution in [3.8, 4) is 0 Å². The number of pyridine rings is 1. The Morgan fingerprint density at radius 2 is 2.04 bits per heavy atom. The van der Waals surface area contributed by atoms with Gasteiger partial charge in [-0.15, -0.1) is 0 Å². The van der Waals surface area contributed by atoms with Crippen LogP contribution in [-0.2, 0) is 14.3 Å². The van der Waals surface area contributed by atoms with Crippen molar-refractivity contribution in [3.05, 3.63) is 65.2 Å². The van der Waals surface area contributed by atoms with Gasteiger partial charge >= 0.3 is 5.97 Å². The van der Waals surface area contributed by atoms with E-state index in [4.69, 9.17) is 16.3 Å². The Balaban J connectivity index is 1.92. The van der Waals surface area contributed by atoms with E-state index in [1.807, 2.05) is 0 Å². The van der Waals surface area contributed by atoms with Crippen molar-refractivity contribution in [3.63, 3.8) is 0 Å². The smallest absolute Gasteiger partial charge is 0.331 e. The molecule has 1 atom stereocenters. The van der Waals surface area contributed by atoms with Crippen LogP contribution in [0.1, 0.15) is 12.5 Å². The maximum Gasteiger partial charge on any atom is 0.331 e. The third-order valence-electron chi connectivity index (χ3n) is 2.98. The molecule has 1 aromatic heterocycles. The van der Waals surface area contributed by atoms with Gasteiger partial charge in [0.15, 0.2) is 11.3 Å². The first kappa shape index (κ1) is 17.6. The van der Waals surface area contributed by atoms with Gasteiger partial charge in [-0.25, -0.2) is 14.2 Å². The fourth-order valence-corrected chi connectivity index (χ4v) is 1.92. The van der Waals surface area contributed by atoms with Crippen LogP contribution in [0.4, 0.5) is 10.1 Å². The molecular weight excluding hydrogens is 335 g/mol. The summed E-state index contributed by atoms with van der Waals surface area (Å²) in [5, 5.41) is 2.63. The fraction of sp³-hybridized carbons (Fsp3) is 0.118. The summed E-state index contributed by atoms with van der Waals surface area (Å²) in [5.41, 5.74) is 0.558. The summed E-state index contributed by atoms with van der Waals surface area (Å²) < 4.78 is 18.4. The minimum absolute atomic E-state index is 0.129. The molecular formula is C17H14ClFN2O3. The predicted octanol–water partition coefficient (Wildman–Crippen LogP) is 3.46. The monoisotopic (exact) mass is 348 g/mol. The summed E-state index contributed by atoms with van der Waals surface area (Å²) >= 11 is 5.83. The van der Waals surface area contributed by atoms with E-state index in [1.54, 1.807) is 24.3 Å². The lowest BCUT2D eigenvalue weighted by atomic mass is 10.2. The first-order chi connectivity index (χ1) is 11.5. The number of rotatable bonds is 5. The topological polar surface area (TPSA) is 68.3 Å². The highest BCUT2D eigenvalue weighted by molar-refractivity contribution is 6.32. The number of esters is 1. The van der Waals surface area contributed by atoms with Crippen molar-refractivity contribution in [1.29, 1.82) is 0 Å². The molecule has 0 fully saturated rings. The maximum atomic E-state index is 13.4. The average molecular weight is 349 g/mol. The van der Waals surface area contributed by atoms with Crippen molar-refractivity contribution in [1.82, 2.24) is 4.98 Å². The number of ether oxygens (including phenoxy) is 1. The summed E-state index contributed by atoms with van der Waals surface area (Å²) in [6.45, 7) is 1.41. The molecule has 1 aromatic carbocycles. The SMILES string of the molecule is C[C@@H](OC(=O)/C=C/c1ccccc1F)C(=O)Nc1cccnc1Cl. The van der Waals surface area contributed by atoms with Crippen LogP contribution in [0.3, 0.4) is 0 Å². The standard InChI is InChI=1S/C17H14ClFN2O3/c1-11(17(23)21-14-7-4-10-20-16(14)18)24-15(22)9-8-12-5-2-3-6-13(12)19/h2-11H,1H3,(H,21,23)/b9-8+/t11-/m1/s1. The molecule has 0 saturated carbocycles. The Morgan fingerprint density at radius 1 is 1.29 bits per heavy atom. The van der Waals surface area contributed by atoms with E-state index in [-0.39, 0.29) is 10.7 Å². The largest absolute Gasteiger partial charge is 0.449 e. The first-order valence-corrected chi connectivity index (χ1v) is 7.40. The number of benzene rings is 1. The molecule has 7 heteroatoms. The number of amides is 1. The molecule has 24 heavy (non-hydrogen) atoms. The first-order valence-electron chi connectivity index (χ1n) is 7.02. The van der Waals surface area contributed by atoms with E-state index in [9.17, 15) is 14.0 Å². The second-order valence-corrected chi connectivity index (χ2v) is 5.12. The minimum Gasteiger partial charge on any atom is -0.449 e. The molecule has 5 nitrogen and oxygen atoms in total. The quantitative estimate of drug-likeness (QED) is 0.510. The van der Waals surface area contributed by atoms with E-state index in [0.29, 0.717) is 5.69 Å². The molecule has 0 saturated heterocycles. The zero-order valence-electron chi connectivity index (χ0n) is 12.7. The summed E-state index contributed by atoms with van der Waals surface area (Å²) in [6.07, 6.45) is 2.76. The summed E-state index contributed by atoms with van der Waals surface area (Å²) in [4.78, 5) is 27.5. The number of carbonyl (C=O) groups excluding carboxylic acids is 2. The molecule has 1 heterocycles. The van der Waals surface area contributed by atoms with Gasteiger partial charge in [-0.05, 0) is 31.2 Å². The zero-order valence-corrected chi connectivity index (χ0v) is 13.5. The molecule has 124 valence electrons. The Kier molecular flexibility index (Phi) is 6.03. The Labute approximate surface area is 143 Å². The van der Waals surface area contributed by atoms with Gasteiger partial charge in [-0.2, -0.15) is 0 Å². The molecule has 0 aliphatic heterocycles. The van der Waals surface area contributed by atoms with Gasteiger partial charge in [0, 0.05) is 17.8 Å². The van der Waals surface area contributed by atoms with E-state index in [0.717, 1.165) is 6.08 Å². The maximum absolute atomic E-state index is 13.4. The van der Waals surface area contributed by atoms with Gasteiger partial charge in [0.25, 0.3) is 5.91 Å². The Hall–Kier alpha value is -2.73. The number of carbonyl (C=O) groups is 2. The van der Waals surface area contributed by atoms with E-state index >= 15 is 0 Å². The highest BCUT2D eigenvalue weighted by Crippen LogP contribution is 2.17. The van der Waals surface area contributed by atoms with E-state index in [2.05, 4.69) is 10.3 Å². The number of nitrogens with one attached hydrogen (secondary N) is 1. The highest BCUT2D eigenvalue weighted by Gasteiger charge is 2.17. The van der Waals surface area contributed by atoms with Gasteiger partial charge in [0.1, 0.15) is 5.82 Å². The summed E-state index contributed by atoms with van der Waals surface area (Å²) in [6, 6.07) is 9.15. The lowest BCUT2D eigenvalue weighted by Gasteiger charge is -2.12. The number of anilines is 1. The van der Waals surface area contributed by atoms with Gasteiger partial charge in [-0.3, -0.25) is 4.79 Å². The number of hydrogen-bond acceptors (Lipinski definition) is 4. The third-order valence-corrected chi connectivity index (χ3v) is 3.28. The lowest BCUT2D eigenvalue weighted by molar-refractivity contribution is -0.148. The van der Waals surface area contributed by atoms with Gasteiger partial charge in [0.05, 0.1) is 5.69 Å². The fourth-order valence-electron chi connectivity index (χ4n) is 1.75. The average Bonchev–Trinajstić information content (AvgIpc) is 2.56. The van der Waals surface area contributed by atoms with Gasteiger partial charge in [0.2, 0.25) is 0 Å². The van der Waals surface area contributed by atoms with Gasteiger partial charge in [-0.1, -0.05) is 29.8 Å². The third kappa shape index (κ3) is 4.89. The molecule has 2 rings (SSSR count). The molecule has 2 aromatic rings. The molecule has 0 unspecified atom stereocenters. The summed E-state index contributed by atoms with van der Waals surface area (Å²) in [7, 11) is 0. The number of hydrogen-bond donors (Lipinski definition) is 1. The molecule has 1 N–H and O–H groups in total. The Bertz CT molecular complexity index is 780. The van der Waals surface area contributed by atoms with Crippen molar-refractivity contribution in [2.45, 2.75) is 13.0 Å². The number of nitrogens with zero attached hydrogens (tertiary/aromatic N) is 1. The molecule has 0 spiro atoms. The van der Waals surface area contributed by atoms with Crippen LogP contribution >= 0.6 is 11.6 Å². The van der Waals surface area contributed by atoms with Crippen LogP contribution < -0.4 is 5.32 Å². The molecule has 0 aliphatic carbocycles. The lowest BCUT2D eigenvalue weighted by Crippen LogP contribution is -2.29. The Morgan fingerprint density at radius 3 is 2.75 bits per heavy atom. The van der Waals surface area contributed by atoms with Crippen molar-refractivity contribution >= 4 is 35.2 Å².